The van der Waals surface area contributed by atoms with Crippen LogP contribution in [0.3, 0.4) is 0 Å². The minimum absolute atomic E-state index is 0.0381. The van der Waals surface area contributed by atoms with Crippen LogP contribution < -0.4 is 5.32 Å². The smallest absolute Gasteiger partial charge is 0.123 e. The highest BCUT2D eigenvalue weighted by molar-refractivity contribution is 7.10. The van der Waals surface area contributed by atoms with E-state index in [4.69, 9.17) is 4.74 Å². The van der Waals surface area contributed by atoms with E-state index in [0.29, 0.717) is 13.1 Å². The van der Waals surface area contributed by atoms with Gasteiger partial charge in [0.2, 0.25) is 0 Å². The van der Waals surface area contributed by atoms with E-state index in [9.17, 15) is 4.39 Å². The predicted octanol–water partition coefficient (Wildman–Crippen LogP) is 3.75. The standard InChI is InChI=1S/C17H18FN3OS/c1-22-15(16-3-2-8-23-16)11-19-9-13-10-20-21-17(13)12-4-6-14(18)7-5-12/h2-8,10,15,19H,9,11H2,1H3,(H,20,21). The lowest BCUT2D eigenvalue weighted by Crippen LogP contribution is -2.21. The molecule has 0 aliphatic heterocycles. The van der Waals surface area contributed by atoms with Gasteiger partial charge in [-0.25, -0.2) is 4.39 Å². The Kier molecular flexibility index (Phi) is 5.17. The number of halogens is 1. The first-order chi connectivity index (χ1) is 11.3. The van der Waals surface area contributed by atoms with E-state index in [1.807, 2.05) is 11.4 Å². The van der Waals surface area contributed by atoms with Crippen molar-refractivity contribution in [1.82, 2.24) is 15.5 Å². The average Bonchev–Trinajstić information content (AvgIpc) is 3.24. The Hall–Kier alpha value is -2.02. The molecule has 1 unspecified atom stereocenters. The van der Waals surface area contributed by atoms with E-state index in [-0.39, 0.29) is 11.9 Å². The molecule has 0 fully saturated rings. The summed E-state index contributed by atoms with van der Waals surface area (Å²) < 4.78 is 18.6. The second-order valence-corrected chi connectivity index (χ2v) is 6.13. The fourth-order valence-corrected chi connectivity index (χ4v) is 3.23. The van der Waals surface area contributed by atoms with Crippen LogP contribution in [0.15, 0.2) is 48.0 Å². The molecule has 6 heteroatoms. The molecule has 3 aromatic rings. The van der Waals surface area contributed by atoms with Crippen LogP contribution in [0.4, 0.5) is 4.39 Å². The van der Waals surface area contributed by atoms with Crippen molar-refractivity contribution in [1.29, 1.82) is 0 Å². The van der Waals surface area contributed by atoms with Crippen LogP contribution in [0.25, 0.3) is 11.3 Å². The maximum absolute atomic E-state index is 13.0. The molecule has 2 N–H and O–H groups in total. The van der Waals surface area contributed by atoms with Gasteiger partial charge in [0.15, 0.2) is 0 Å². The Balaban J connectivity index is 1.63. The molecule has 0 radical (unpaired) electrons. The molecule has 3 rings (SSSR count). The Morgan fingerprint density at radius 1 is 1.30 bits per heavy atom. The van der Waals surface area contributed by atoms with Crippen molar-refractivity contribution >= 4 is 11.3 Å². The summed E-state index contributed by atoms with van der Waals surface area (Å²) in [7, 11) is 1.72. The molecular formula is C17H18FN3OS. The van der Waals surface area contributed by atoms with E-state index >= 15 is 0 Å². The predicted molar refractivity (Wildman–Crippen MR) is 89.8 cm³/mol. The number of H-pyrrole nitrogens is 1. The molecule has 0 spiro atoms. The zero-order chi connectivity index (χ0) is 16.1. The van der Waals surface area contributed by atoms with Gasteiger partial charge in [-0.15, -0.1) is 11.3 Å². The monoisotopic (exact) mass is 331 g/mol. The maximum Gasteiger partial charge on any atom is 0.123 e. The molecule has 1 aromatic carbocycles. The van der Waals surface area contributed by atoms with Gasteiger partial charge in [-0.05, 0) is 35.7 Å². The van der Waals surface area contributed by atoms with Crippen LogP contribution in [-0.2, 0) is 11.3 Å². The second kappa shape index (κ2) is 7.50. The topological polar surface area (TPSA) is 49.9 Å². The molecule has 120 valence electrons. The second-order valence-electron chi connectivity index (χ2n) is 5.15. The SMILES string of the molecule is COC(CNCc1cn[nH]c1-c1ccc(F)cc1)c1cccs1. The van der Waals surface area contributed by atoms with Gasteiger partial charge in [0.05, 0.1) is 11.9 Å². The fraction of sp³-hybridized carbons (Fsp3) is 0.235. The third kappa shape index (κ3) is 3.85. The van der Waals surface area contributed by atoms with Crippen molar-refractivity contribution in [2.45, 2.75) is 12.6 Å². The first-order valence-corrected chi connectivity index (χ1v) is 8.21. The number of rotatable bonds is 7. The van der Waals surface area contributed by atoms with Crippen LogP contribution in [0.1, 0.15) is 16.5 Å². The number of hydrogen-bond acceptors (Lipinski definition) is 4. The molecule has 2 heterocycles. The van der Waals surface area contributed by atoms with E-state index < -0.39 is 0 Å². The summed E-state index contributed by atoms with van der Waals surface area (Å²) >= 11 is 1.69. The van der Waals surface area contributed by atoms with Gasteiger partial charge >= 0.3 is 0 Å². The van der Waals surface area contributed by atoms with Crippen LogP contribution in [0, 0.1) is 5.82 Å². The van der Waals surface area contributed by atoms with Crippen LogP contribution in [0.2, 0.25) is 0 Å². The Morgan fingerprint density at radius 3 is 2.83 bits per heavy atom. The van der Waals surface area contributed by atoms with Crippen molar-refractivity contribution in [2.24, 2.45) is 0 Å². The molecule has 0 amide bonds. The summed E-state index contributed by atoms with van der Waals surface area (Å²) in [5.74, 6) is -0.244. The number of thiophene rings is 1. The highest BCUT2D eigenvalue weighted by Gasteiger charge is 2.12. The number of nitrogens with one attached hydrogen (secondary N) is 2. The Morgan fingerprint density at radius 2 is 2.13 bits per heavy atom. The van der Waals surface area contributed by atoms with E-state index in [0.717, 1.165) is 16.8 Å². The lowest BCUT2D eigenvalue weighted by Gasteiger charge is -2.14. The van der Waals surface area contributed by atoms with E-state index in [2.05, 4.69) is 21.6 Å². The number of ether oxygens (including phenoxy) is 1. The van der Waals surface area contributed by atoms with E-state index in [1.54, 1.807) is 36.8 Å². The molecule has 0 aliphatic rings. The molecule has 23 heavy (non-hydrogen) atoms. The number of aromatic nitrogens is 2. The largest absolute Gasteiger partial charge is 0.375 e. The Bertz CT molecular complexity index is 725. The van der Waals surface area contributed by atoms with Crippen LogP contribution in [0.5, 0.6) is 0 Å². The number of hydrogen-bond donors (Lipinski definition) is 2. The van der Waals surface area contributed by atoms with Gasteiger partial charge in [0.1, 0.15) is 11.9 Å². The normalized spacial score (nSPS) is 12.4. The van der Waals surface area contributed by atoms with Crippen molar-refractivity contribution in [2.75, 3.05) is 13.7 Å². The number of nitrogens with zero attached hydrogens (tertiary/aromatic N) is 1. The highest BCUT2D eigenvalue weighted by atomic mass is 32.1. The first kappa shape index (κ1) is 15.9. The third-order valence-electron chi connectivity index (χ3n) is 3.64. The van der Waals surface area contributed by atoms with Gasteiger partial charge < -0.3 is 10.1 Å². The lowest BCUT2D eigenvalue weighted by atomic mass is 10.1. The third-order valence-corrected chi connectivity index (χ3v) is 4.61. The van der Waals surface area contributed by atoms with Gasteiger partial charge in [-0.3, -0.25) is 5.10 Å². The maximum atomic E-state index is 13.0. The minimum atomic E-state index is -0.244. The average molecular weight is 331 g/mol. The van der Waals surface area contributed by atoms with Crippen molar-refractivity contribution in [3.8, 4) is 11.3 Å². The summed E-state index contributed by atoms with van der Waals surface area (Å²) in [6, 6.07) is 10.5. The molecule has 0 saturated carbocycles. The zero-order valence-electron chi connectivity index (χ0n) is 12.8. The quantitative estimate of drug-likeness (QED) is 0.693. The van der Waals surface area contributed by atoms with E-state index in [1.165, 1.54) is 17.0 Å². The van der Waals surface area contributed by atoms with Crippen molar-refractivity contribution < 1.29 is 9.13 Å². The van der Waals surface area contributed by atoms with Crippen molar-refractivity contribution in [3.05, 3.63) is 64.2 Å². The summed E-state index contributed by atoms with van der Waals surface area (Å²) in [6.45, 7) is 1.37. The highest BCUT2D eigenvalue weighted by Crippen LogP contribution is 2.23. The number of aromatic amines is 1. The molecule has 2 aromatic heterocycles. The molecule has 1 atom stereocenters. The minimum Gasteiger partial charge on any atom is -0.375 e. The summed E-state index contributed by atoms with van der Waals surface area (Å²) in [4.78, 5) is 1.20. The summed E-state index contributed by atoms with van der Waals surface area (Å²) in [6.07, 6.45) is 1.83. The first-order valence-electron chi connectivity index (χ1n) is 7.33. The van der Waals surface area contributed by atoms with Crippen molar-refractivity contribution in [3.63, 3.8) is 0 Å². The van der Waals surface area contributed by atoms with Crippen LogP contribution in [-0.4, -0.2) is 23.9 Å². The van der Waals surface area contributed by atoms with Gasteiger partial charge in [0, 0.05) is 36.2 Å². The van der Waals surface area contributed by atoms with Gasteiger partial charge in [-0.2, -0.15) is 5.10 Å². The number of benzene rings is 1. The fourth-order valence-electron chi connectivity index (χ4n) is 2.42. The summed E-state index contributed by atoms with van der Waals surface area (Å²) in [5, 5.41) is 12.5. The molecule has 4 nitrogen and oxygen atoms in total. The van der Waals surface area contributed by atoms with Gasteiger partial charge in [0.25, 0.3) is 0 Å². The molecule has 0 bridgehead atoms. The molecule has 0 aliphatic carbocycles. The molecular weight excluding hydrogens is 313 g/mol. The van der Waals surface area contributed by atoms with Gasteiger partial charge in [-0.1, -0.05) is 6.07 Å². The molecule has 0 saturated heterocycles. The zero-order valence-corrected chi connectivity index (χ0v) is 13.6. The Labute approximate surface area is 138 Å². The summed E-state index contributed by atoms with van der Waals surface area (Å²) in [5.41, 5.74) is 2.86. The van der Waals surface area contributed by atoms with Crippen LogP contribution >= 0.6 is 11.3 Å². The lowest BCUT2D eigenvalue weighted by molar-refractivity contribution is 0.105. The number of methoxy groups -OCH3 is 1.